The molecule has 2 unspecified atom stereocenters. The van der Waals surface area contributed by atoms with E-state index in [1.807, 2.05) is 0 Å². The maximum absolute atomic E-state index is 12.4. The van der Waals surface area contributed by atoms with Gasteiger partial charge in [-0.25, -0.2) is 0 Å². The van der Waals surface area contributed by atoms with E-state index < -0.39 is 12.1 Å². The van der Waals surface area contributed by atoms with Gasteiger partial charge in [-0.1, -0.05) is 348 Å². The molecule has 0 aliphatic heterocycles. The van der Waals surface area contributed by atoms with Crippen LogP contribution in [-0.2, 0) is 14.3 Å². The van der Waals surface area contributed by atoms with Crippen LogP contribution >= 0.6 is 0 Å². The summed E-state index contributed by atoms with van der Waals surface area (Å²) in [4.78, 5) is 24.5. The van der Waals surface area contributed by atoms with Crippen LogP contribution in [0.3, 0.4) is 0 Å². The van der Waals surface area contributed by atoms with Gasteiger partial charge in [0.15, 0.2) is 0 Å². The third-order valence-electron chi connectivity index (χ3n) is 15.9. The molecule has 0 saturated heterocycles. The van der Waals surface area contributed by atoms with Gasteiger partial charge in [-0.2, -0.15) is 0 Å². The van der Waals surface area contributed by atoms with Gasteiger partial charge >= 0.3 is 5.97 Å². The molecular weight excluding hydrogens is 887 g/mol. The standard InChI is InChI=1S/C66H131NO5/c1-3-5-7-9-11-13-14-15-33-37-40-44-48-52-56-60-66(71)72-61-57-53-49-45-41-38-35-32-30-28-26-24-22-20-18-16-17-19-21-23-25-27-29-31-34-36-39-43-47-51-55-59-65(70)67-63(62-68)64(69)58-54-50-46-42-12-10-8-6-4-2/h63-64,68-69H,3-62H2,1-2H3,(H,67,70). The molecule has 0 fully saturated rings. The lowest BCUT2D eigenvalue weighted by Crippen LogP contribution is -2.45. The van der Waals surface area contributed by atoms with Crippen molar-refractivity contribution >= 4 is 11.9 Å². The maximum Gasteiger partial charge on any atom is 0.305 e. The van der Waals surface area contributed by atoms with Gasteiger partial charge in [0.25, 0.3) is 0 Å². The van der Waals surface area contributed by atoms with Gasteiger partial charge in [0.2, 0.25) is 5.91 Å². The number of esters is 1. The second kappa shape index (κ2) is 62.4. The molecule has 0 rings (SSSR count). The quantitative estimate of drug-likeness (QED) is 0.0417. The minimum absolute atomic E-state index is 0.0244. The average Bonchev–Trinajstić information content (AvgIpc) is 3.38. The summed E-state index contributed by atoms with van der Waals surface area (Å²) in [6.45, 7) is 4.97. The first-order chi connectivity index (χ1) is 35.5. The van der Waals surface area contributed by atoms with E-state index in [1.54, 1.807) is 0 Å². The Balaban J connectivity index is 3.27. The molecule has 0 aliphatic rings. The van der Waals surface area contributed by atoms with Crippen molar-refractivity contribution in [2.75, 3.05) is 13.2 Å². The molecule has 0 heterocycles. The van der Waals surface area contributed by atoms with Crippen molar-refractivity contribution in [1.82, 2.24) is 5.32 Å². The molecule has 0 spiro atoms. The first-order valence-corrected chi connectivity index (χ1v) is 33.3. The SMILES string of the molecule is CCCCCCCCCCCCCCCCCC(=O)OCCCCCCCCCCCCCCCCCCCCCCCCCCCCCCCCCC(=O)NC(CO)C(O)CCCCCCCCCCC. The zero-order valence-electron chi connectivity index (χ0n) is 49.2. The van der Waals surface area contributed by atoms with Crippen LogP contribution in [-0.4, -0.2) is 47.4 Å². The second-order valence-electron chi connectivity index (χ2n) is 23.2. The van der Waals surface area contributed by atoms with Crippen molar-refractivity contribution in [3.05, 3.63) is 0 Å². The van der Waals surface area contributed by atoms with Gasteiger partial charge in [0.05, 0.1) is 25.4 Å². The fourth-order valence-corrected chi connectivity index (χ4v) is 10.8. The van der Waals surface area contributed by atoms with E-state index in [2.05, 4.69) is 19.2 Å². The van der Waals surface area contributed by atoms with Gasteiger partial charge < -0.3 is 20.3 Å². The van der Waals surface area contributed by atoms with E-state index in [1.165, 1.54) is 315 Å². The number of ether oxygens (including phenoxy) is 1. The molecule has 3 N–H and O–H groups in total. The van der Waals surface area contributed by atoms with Gasteiger partial charge in [-0.05, 0) is 25.7 Å². The van der Waals surface area contributed by atoms with Crippen LogP contribution in [0.1, 0.15) is 386 Å². The summed E-state index contributed by atoms with van der Waals surface area (Å²) in [5.74, 6) is -0.00650. The highest BCUT2D eigenvalue weighted by Crippen LogP contribution is 2.19. The molecule has 6 heteroatoms. The lowest BCUT2D eigenvalue weighted by molar-refractivity contribution is -0.143. The van der Waals surface area contributed by atoms with Crippen LogP contribution in [0.2, 0.25) is 0 Å². The fraction of sp³-hybridized carbons (Fsp3) is 0.970. The lowest BCUT2D eigenvalue weighted by atomic mass is 10.0. The third-order valence-corrected chi connectivity index (χ3v) is 15.9. The molecule has 0 aromatic carbocycles. The zero-order chi connectivity index (χ0) is 52.2. The van der Waals surface area contributed by atoms with Gasteiger partial charge in [0, 0.05) is 12.8 Å². The van der Waals surface area contributed by atoms with E-state index in [0.29, 0.717) is 25.9 Å². The summed E-state index contributed by atoms with van der Waals surface area (Å²) in [6.07, 6.45) is 74.4. The smallest absolute Gasteiger partial charge is 0.305 e. The van der Waals surface area contributed by atoms with E-state index in [4.69, 9.17) is 4.74 Å². The van der Waals surface area contributed by atoms with Crippen molar-refractivity contribution in [3.8, 4) is 0 Å². The first-order valence-electron chi connectivity index (χ1n) is 33.3. The molecule has 2 atom stereocenters. The zero-order valence-corrected chi connectivity index (χ0v) is 49.2. The summed E-state index contributed by atoms with van der Waals surface area (Å²) in [7, 11) is 0. The highest BCUT2D eigenvalue weighted by molar-refractivity contribution is 5.76. The van der Waals surface area contributed by atoms with Gasteiger partial charge in [-0.3, -0.25) is 9.59 Å². The number of carbonyl (C=O) groups is 2. The maximum atomic E-state index is 12.4. The normalized spacial score (nSPS) is 12.4. The van der Waals surface area contributed by atoms with Crippen molar-refractivity contribution < 1.29 is 24.5 Å². The second-order valence-corrected chi connectivity index (χ2v) is 23.2. The van der Waals surface area contributed by atoms with Crippen molar-refractivity contribution in [1.29, 1.82) is 0 Å². The number of rotatable bonds is 63. The first kappa shape index (κ1) is 70.9. The van der Waals surface area contributed by atoms with Gasteiger partial charge in [0.1, 0.15) is 0 Å². The molecular formula is C66H131NO5. The number of aliphatic hydroxyl groups is 2. The minimum Gasteiger partial charge on any atom is -0.466 e. The van der Waals surface area contributed by atoms with Crippen molar-refractivity contribution in [2.24, 2.45) is 0 Å². The Bertz CT molecular complexity index is 1040. The van der Waals surface area contributed by atoms with Crippen LogP contribution in [0.5, 0.6) is 0 Å². The summed E-state index contributed by atoms with van der Waals surface area (Å²) in [5, 5.41) is 23.1. The van der Waals surface area contributed by atoms with E-state index in [-0.39, 0.29) is 18.5 Å². The summed E-state index contributed by atoms with van der Waals surface area (Å²) in [5.41, 5.74) is 0. The van der Waals surface area contributed by atoms with E-state index >= 15 is 0 Å². The molecule has 0 radical (unpaired) electrons. The van der Waals surface area contributed by atoms with E-state index in [9.17, 15) is 19.8 Å². The van der Waals surface area contributed by atoms with Crippen LogP contribution in [0.25, 0.3) is 0 Å². The third kappa shape index (κ3) is 58.1. The predicted molar refractivity (Wildman–Crippen MR) is 315 cm³/mol. The molecule has 72 heavy (non-hydrogen) atoms. The highest BCUT2D eigenvalue weighted by Gasteiger charge is 2.20. The predicted octanol–water partition coefficient (Wildman–Crippen LogP) is 21.0. The Hall–Kier alpha value is -1.14. The largest absolute Gasteiger partial charge is 0.466 e. The fourth-order valence-electron chi connectivity index (χ4n) is 10.8. The Morgan fingerprint density at radius 1 is 0.333 bits per heavy atom. The topological polar surface area (TPSA) is 95.9 Å². The number of hydrogen-bond donors (Lipinski definition) is 3. The number of carbonyl (C=O) groups excluding carboxylic acids is 2. The Labute approximate surface area is 451 Å². The molecule has 1 amide bonds. The molecule has 0 aliphatic carbocycles. The summed E-state index contributed by atoms with van der Waals surface area (Å²) in [6, 6.07) is -0.534. The Morgan fingerprint density at radius 3 is 0.847 bits per heavy atom. The molecule has 0 bridgehead atoms. The van der Waals surface area contributed by atoms with Crippen molar-refractivity contribution in [3.63, 3.8) is 0 Å². The van der Waals surface area contributed by atoms with Gasteiger partial charge in [-0.15, -0.1) is 0 Å². The number of amides is 1. The van der Waals surface area contributed by atoms with E-state index in [0.717, 1.165) is 38.5 Å². The molecule has 6 nitrogen and oxygen atoms in total. The molecule has 0 aromatic rings. The Kier molecular flexibility index (Phi) is 61.4. The average molecular weight is 1020 g/mol. The lowest BCUT2D eigenvalue weighted by Gasteiger charge is -2.22. The number of nitrogens with one attached hydrogen (secondary N) is 1. The highest BCUT2D eigenvalue weighted by atomic mass is 16.5. The van der Waals surface area contributed by atoms with Crippen LogP contribution in [0.15, 0.2) is 0 Å². The molecule has 430 valence electrons. The van der Waals surface area contributed by atoms with Crippen LogP contribution < -0.4 is 5.32 Å². The number of aliphatic hydroxyl groups excluding tert-OH is 2. The van der Waals surface area contributed by atoms with Crippen LogP contribution in [0.4, 0.5) is 0 Å². The summed E-state index contributed by atoms with van der Waals surface area (Å²) >= 11 is 0. The van der Waals surface area contributed by atoms with Crippen molar-refractivity contribution in [2.45, 2.75) is 398 Å². The molecule has 0 saturated carbocycles. The monoisotopic (exact) mass is 1020 g/mol. The van der Waals surface area contributed by atoms with Crippen LogP contribution in [0, 0.1) is 0 Å². The Morgan fingerprint density at radius 2 is 0.569 bits per heavy atom. The summed E-state index contributed by atoms with van der Waals surface area (Å²) < 4.78 is 5.50. The molecule has 0 aromatic heterocycles. The minimum atomic E-state index is -0.657. The number of unbranched alkanes of at least 4 members (excludes halogenated alkanes) is 52. The number of hydrogen-bond acceptors (Lipinski definition) is 5.